The second-order valence-corrected chi connectivity index (χ2v) is 5.66. The monoisotopic (exact) mass is 347 g/mol. The van der Waals surface area contributed by atoms with Crippen molar-refractivity contribution in [3.05, 3.63) is 52.3 Å². The van der Waals surface area contributed by atoms with E-state index in [0.717, 1.165) is 23.1 Å². The van der Waals surface area contributed by atoms with Crippen LogP contribution < -0.4 is 5.73 Å². The molecule has 5 heteroatoms. The van der Waals surface area contributed by atoms with Crippen LogP contribution in [0.2, 0.25) is 0 Å². The zero-order valence-corrected chi connectivity index (χ0v) is 13.2. The van der Waals surface area contributed by atoms with E-state index in [1.165, 1.54) is 0 Å². The Morgan fingerprint density at radius 2 is 2.10 bits per heavy atom. The number of aromatic nitrogens is 2. The van der Waals surface area contributed by atoms with Gasteiger partial charge in [0, 0.05) is 13.1 Å². The molecular weight excluding hydrogens is 333 g/mol. The van der Waals surface area contributed by atoms with Crippen LogP contribution in [0.4, 0.5) is 4.39 Å². The average Bonchev–Trinajstić information content (AvgIpc) is 2.87. The Balaban J connectivity index is 2.29. The first-order chi connectivity index (χ1) is 10.2. The standard InChI is InChI=1S/C16H15BrFN3/c1-2-21-14-7-6-10(9-19)8-13(14)20-16(21)11-4-3-5-12(17)15(11)18/h3-8H,2,9,19H2,1H3. The Labute approximate surface area is 130 Å². The number of hydrogen-bond donors (Lipinski definition) is 1. The first kappa shape index (κ1) is 14.2. The molecule has 0 spiro atoms. The molecule has 0 aliphatic heterocycles. The molecule has 0 atom stereocenters. The molecule has 108 valence electrons. The molecule has 3 nitrogen and oxygen atoms in total. The summed E-state index contributed by atoms with van der Waals surface area (Å²) in [5.41, 5.74) is 9.02. The van der Waals surface area contributed by atoms with Gasteiger partial charge in [0.1, 0.15) is 11.6 Å². The van der Waals surface area contributed by atoms with Crippen LogP contribution in [0.5, 0.6) is 0 Å². The molecule has 0 amide bonds. The highest BCUT2D eigenvalue weighted by Crippen LogP contribution is 2.30. The highest BCUT2D eigenvalue weighted by Gasteiger charge is 2.16. The van der Waals surface area contributed by atoms with Gasteiger partial charge in [0.25, 0.3) is 0 Å². The molecule has 1 aromatic heterocycles. The van der Waals surface area contributed by atoms with E-state index in [4.69, 9.17) is 5.73 Å². The largest absolute Gasteiger partial charge is 0.326 e. The fourth-order valence-electron chi connectivity index (χ4n) is 2.50. The third-order valence-corrected chi connectivity index (χ3v) is 4.17. The summed E-state index contributed by atoms with van der Waals surface area (Å²) in [6, 6.07) is 11.2. The minimum absolute atomic E-state index is 0.290. The van der Waals surface area contributed by atoms with Crippen molar-refractivity contribution in [1.29, 1.82) is 0 Å². The number of benzene rings is 2. The van der Waals surface area contributed by atoms with Gasteiger partial charge in [-0.05, 0) is 52.7 Å². The molecule has 2 N–H and O–H groups in total. The van der Waals surface area contributed by atoms with Crippen molar-refractivity contribution in [3.63, 3.8) is 0 Å². The quantitative estimate of drug-likeness (QED) is 0.775. The summed E-state index contributed by atoms with van der Waals surface area (Å²) in [4.78, 5) is 4.61. The minimum Gasteiger partial charge on any atom is -0.326 e. The first-order valence-corrected chi connectivity index (χ1v) is 7.58. The van der Waals surface area contributed by atoms with E-state index in [1.54, 1.807) is 12.1 Å². The maximum atomic E-state index is 14.4. The van der Waals surface area contributed by atoms with E-state index in [-0.39, 0.29) is 5.82 Å². The molecular formula is C16H15BrFN3. The Morgan fingerprint density at radius 1 is 1.29 bits per heavy atom. The van der Waals surface area contributed by atoms with Gasteiger partial charge in [0.2, 0.25) is 0 Å². The molecule has 2 aromatic carbocycles. The Hall–Kier alpha value is -1.72. The Kier molecular flexibility index (Phi) is 3.78. The number of nitrogens with two attached hydrogens (primary N) is 1. The molecule has 0 bridgehead atoms. The molecule has 0 aliphatic carbocycles. The molecule has 0 saturated heterocycles. The number of imidazole rings is 1. The molecule has 1 heterocycles. The third kappa shape index (κ3) is 2.36. The lowest BCUT2D eigenvalue weighted by atomic mass is 10.2. The van der Waals surface area contributed by atoms with Gasteiger partial charge in [-0.15, -0.1) is 0 Å². The van der Waals surface area contributed by atoms with Gasteiger partial charge in [-0.1, -0.05) is 12.1 Å². The number of aryl methyl sites for hydroxylation is 1. The molecule has 0 fully saturated rings. The summed E-state index contributed by atoms with van der Waals surface area (Å²) < 4.78 is 16.8. The van der Waals surface area contributed by atoms with Crippen LogP contribution >= 0.6 is 15.9 Å². The number of nitrogens with zero attached hydrogens (tertiary/aromatic N) is 2. The van der Waals surface area contributed by atoms with Gasteiger partial charge in [-0.3, -0.25) is 0 Å². The first-order valence-electron chi connectivity index (χ1n) is 6.79. The van der Waals surface area contributed by atoms with E-state index in [2.05, 4.69) is 20.9 Å². The van der Waals surface area contributed by atoms with Gasteiger partial charge >= 0.3 is 0 Å². The third-order valence-electron chi connectivity index (χ3n) is 3.56. The number of halogens is 2. The molecule has 0 saturated carbocycles. The lowest BCUT2D eigenvalue weighted by Crippen LogP contribution is -1.99. The van der Waals surface area contributed by atoms with Gasteiger partial charge in [0.15, 0.2) is 0 Å². The predicted molar refractivity (Wildman–Crippen MR) is 86.4 cm³/mol. The molecule has 0 aliphatic rings. The van der Waals surface area contributed by atoms with E-state index in [1.807, 2.05) is 35.8 Å². The highest BCUT2D eigenvalue weighted by molar-refractivity contribution is 9.10. The lowest BCUT2D eigenvalue weighted by molar-refractivity contribution is 0.621. The fraction of sp³-hybridized carbons (Fsp3) is 0.188. The van der Waals surface area contributed by atoms with Crippen molar-refractivity contribution in [2.24, 2.45) is 5.73 Å². The van der Waals surface area contributed by atoms with Crippen molar-refractivity contribution >= 4 is 27.0 Å². The highest BCUT2D eigenvalue weighted by atomic mass is 79.9. The van der Waals surface area contributed by atoms with Crippen LogP contribution in [0.1, 0.15) is 12.5 Å². The number of fused-ring (bicyclic) bond motifs is 1. The second kappa shape index (κ2) is 5.58. The van der Waals surface area contributed by atoms with Crippen LogP contribution in [0.3, 0.4) is 0 Å². The van der Waals surface area contributed by atoms with Crippen molar-refractivity contribution in [2.75, 3.05) is 0 Å². The number of rotatable bonds is 3. The van der Waals surface area contributed by atoms with Crippen molar-refractivity contribution in [3.8, 4) is 11.4 Å². The van der Waals surface area contributed by atoms with Crippen LogP contribution in [-0.2, 0) is 13.1 Å². The summed E-state index contributed by atoms with van der Waals surface area (Å²) in [6.07, 6.45) is 0. The smallest absolute Gasteiger partial charge is 0.148 e. The minimum atomic E-state index is -0.290. The number of hydrogen-bond acceptors (Lipinski definition) is 2. The Morgan fingerprint density at radius 3 is 2.81 bits per heavy atom. The van der Waals surface area contributed by atoms with E-state index < -0.39 is 0 Å². The Bertz CT molecular complexity index is 811. The van der Waals surface area contributed by atoms with Gasteiger partial charge < -0.3 is 10.3 Å². The van der Waals surface area contributed by atoms with E-state index in [9.17, 15) is 4.39 Å². The van der Waals surface area contributed by atoms with Gasteiger partial charge in [-0.25, -0.2) is 9.37 Å². The zero-order chi connectivity index (χ0) is 15.0. The van der Waals surface area contributed by atoms with Crippen LogP contribution in [0.25, 0.3) is 22.4 Å². The second-order valence-electron chi connectivity index (χ2n) is 4.81. The van der Waals surface area contributed by atoms with Crippen LogP contribution in [0, 0.1) is 5.82 Å². The van der Waals surface area contributed by atoms with E-state index in [0.29, 0.717) is 22.4 Å². The van der Waals surface area contributed by atoms with Crippen LogP contribution in [0.15, 0.2) is 40.9 Å². The normalized spacial score (nSPS) is 11.2. The topological polar surface area (TPSA) is 43.8 Å². The van der Waals surface area contributed by atoms with Gasteiger partial charge in [-0.2, -0.15) is 0 Å². The fourth-order valence-corrected chi connectivity index (χ4v) is 2.87. The van der Waals surface area contributed by atoms with Crippen molar-refractivity contribution in [1.82, 2.24) is 9.55 Å². The maximum absolute atomic E-state index is 14.4. The van der Waals surface area contributed by atoms with E-state index >= 15 is 0 Å². The van der Waals surface area contributed by atoms with Crippen molar-refractivity contribution in [2.45, 2.75) is 20.0 Å². The summed E-state index contributed by atoms with van der Waals surface area (Å²) in [7, 11) is 0. The molecule has 21 heavy (non-hydrogen) atoms. The maximum Gasteiger partial charge on any atom is 0.148 e. The molecule has 0 unspecified atom stereocenters. The molecule has 3 rings (SSSR count). The van der Waals surface area contributed by atoms with Crippen LogP contribution in [-0.4, -0.2) is 9.55 Å². The molecule has 0 radical (unpaired) electrons. The van der Waals surface area contributed by atoms with Gasteiger partial charge in [0.05, 0.1) is 21.1 Å². The summed E-state index contributed by atoms with van der Waals surface area (Å²) in [5.74, 6) is 0.349. The predicted octanol–water partition coefficient (Wildman–Crippen LogP) is 4.08. The molecule has 3 aromatic rings. The summed E-state index contributed by atoms with van der Waals surface area (Å²) >= 11 is 3.23. The average molecular weight is 348 g/mol. The summed E-state index contributed by atoms with van der Waals surface area (Å²) in [6.45, 7) is 3.21. The zero-order valence-electron chi connectivity index (χ0n) is 11.6. The SMILES string of the molecule is CCn1c(-c2cccc(Br)c2F)nc2cc(CN)ccc21. The summed E-state index contributed by atoms with van der Waals surface area (Å²) in [5, 5.41) is 0. The lowest BCUT2D eigenvalue weighted by Gasteiger charge is -2.08. The van der Waals surface area contributed by atoms with Crippen molar-refractivity contribution < 1.29 is 4.39 Å².